The number of carbonyl (C=O) groups excluding carboxylic acids is 2. The van der Waals surface area contributed by atoms with Crippen molar-refractivity contribution in [3.8, 4) is 0 Å². The molecule has 29 heavy (non-hydrogen) atoms. The molecule has 1 aromatic heterocycles. The standard InChI is InChI=1S/C23H30FN3O2/c1-16-8-5-6-9-18(16)22(2,3)21(29)26-14-23(4)10-7-11-27(15-23)20(28)19-12-17(24)13-25-19/h5-6,8-9,12-13,25H,7,10-11,14-15H2,1-4H3,(H,26,29). The fraction of sp³-hybridized carbons (Fsp3) is 0.478. The molecule has 1 fully saturated rings. The van der Waals surface area contributed by atoms with Crippen molar-refractivity contribution in [1.82, 2.24) is 15.2 Å². The van der Waals surface area contributed by atoms with Crippen LogP contribution in [0.5, 0.6) is 0 Å². The summed E-state index contributed by atoms with van der Waals surface area (Å²) in [6.45, 7) is 9.62. The number of nitrogens with one attached hydrogen (secondary N) is 2. The minimum Gasteiger partial charge on any atom is -0.355 e. The number of nitrogens with zero attached hydrogens (tertiary/aromatic N) is 1. The van der Waals surface area contributed by atoms with E-state index in [0.717, 1.165) is 24.0 Å². The Morgan fingerprint density at radius 2 is 2.03 bits per heavy atom. The van der Waals surface area contributed by atoms with Crippen molar-refractivity contribution in [1.29, 1.82) is 0 Å². The Balaban J connectivity index is 1.65. The average Bonchev–Trinajstić information content (AvgIpc) is 3.12. The van der Waals surface area contributed by atoms with Gasteiger partial charge in [0.2, 0.25) is 5.91 Å². The van der Waals surface area contributed by atoms with Crippen molar-refractivity contribution in [2.75, 3.05) is 19.6 Å². The van der Waals surface area contributed by atoms with Gasteiger partial charge in [-0.25, -0.2) is 4.39 Å². The number of piperidine rings is 1. The Bertz CT molecular complexity index is 905. The number of aromatic nitrogens is 1. The zero-order chi connectivity index (χ0) is 21.2. The lowest BCUT2D eigenvalue weighted by atomic mass is 9.79. The molecule has 156 valence electrons. The van der Waals surface area contributed by atoms with Gasteiger partial charge in [0.05, 0.1) is 5.41 Å². The van der Waals surface area contributed by atoms with Gasteiger partial charge in [-0.2, -0.15) is 0 Å². The molecule has 2 aromatic rings. The molecule has 0 radical (unpaired) electrons. The van der Waals surface area contributed by atoms with E-state index in [1.54, 1.807) is 4.90 Å². The fourth-order valence-electron chi connectivity index (χ4n) is 4.21. The zero-order valence-electron chi connectivity index (χ0n) is 17.6. The molecule has 0 spiro atoms. The third-order valence-corrected chi connectivity index (χ3v) is 6.01. The first kappa shape index (κ1) is 21.1. The molecule has 0 aliphatic carbocycles. The van der Waals surface area contributed by atoms with E-state index in [1.807, 2.05) is 45.0 Å². The Hall–Kier alpha value is -2.63. The summed E-state index contributed by atoms with van der Waals surface area (Å²) in [5, 5.41) is 3.12. The number of likely N-dealkylation sites (tertiary alicyclic amines) is 1. The van der Waals surface area contributed by atoms with Crippen LogP contribution in [-0.4, -0.2) is 41.3 Å². The van der Waals surface area contributed by atoms with E-state index in [2.05, 4.69) is 17.2 Å². The third kappa shape index (κ3) is 4.52. The van der Waals surface area contributed by atoms with Crippen LogP contribution in [0.2, 0.25) is 0 Å². The molecule has 2 N–H and O–H groups in total. The van der Waals surface area contributed by atoms with Crippen LogP contribution in [0.3, 0.4) is 0 Å². The molecule has 2 heterocycles. The predicted octanol–water partition coefficient (Wildman–Crippen LogP) is 3.80. The molecule has 1 unspecified atom stereocenters. The quantitative estimate of drug-likeness (QED) is 0.803. The molecule has 5 nitrogen and oxygen atoms in total. The number of rotatable bonds is 5. The Morgan fingerprint density at radius 1 is 1.31 bits per heavy atom. The minimum atomic E-state index is -0.645. The van der Waals surface area contributed by atoms with Gasteiger partial charge in [-0.3, -0.25) is 9.59 Å². The smallest absolute Gasteiger partial charge is 0.270 e. The van der Waals surface area contributed by atoms with Crippen molar-refractivity contribution in [2.45, 2.75) is 46.0 Å². The maximum atomic E-state index is 13.2. The number of halogens is 1. The van der Waals surface area contributed by atoms with Crippen molar-refractivity contribution >= 4 is 11.8 Å². The molecule has 0 bridgehead atoms. The second-order valence-electron chi connectivity index (χ2n) is 9.00. The second-order valence-corrected chi connectivity index (χ2v) is 9.00. The Labute approximate surface area is 171 Å². The number of aryl methyl sites for hydroxylation is 1. The maximum Gasteiger partial charge on any atom is 0.270 e. The Morgan fingerprint density at radius 3 is 2.69 bits per heavy atom. The van der Waals surface area contributed by atoms with Crippen molar-refractivity contribution < 1.29 is 14.0 Å². The monoisotopic (exact) mass is 399 g/mol. The van der Waals surface area contributed by atoms with Gasteiger partial charge in [0.25, 0.3) is 5.91 Å². The summed E-state index contributed by atoms with van der Waals surface area (Å²) in [4.78, 5) is 30.1. The van der Waals surface area contributed by atoms with E-state index < -0.39 is 11.2 Å². The number of amides is 2. The zero-order valence-corrected chi connectivity index (χ0v) is 17.6. The van der Waals surface area contributed by atoms with Gasteiger partial charge < -0.3 is 15.2 Å². The van der Waals surface area contributed by atoms with Crippen molar-refractivity contribution in [2.24, 2.45) is 5.41 Å². The number of carbonyl (C=O) groups is 2. The van der Waals surface area contributed by atoms with Crippen LogP contribution >= 0.6 is 0 Å². The largest absolute Gasteiger partial charge is 0.355 e. The molecular formula is C23H30FN3O2. The van der Waals surface area contributed by atoms with Gasteiger partial charge in [-0.1, -0.05) is 31.2 Å². The van der Waals surface area contributed by atoms with Gasteiger partial charge in [-0.15, -0.1) is 0 Å². The summed E-state index contributed by atoms with van der Waals surface area (Å²) < 4.78 is 13.2. The highest BCUT2D eigenvalue weighted by Crippen LogP contribution is 2.31. The number of hydrogen-bond acceptors (Lipinski definition) is 2. The number of benzene rings is 1. The molecule has 1 atom stereocenters. The van der Waals surface area contributed by atoms with E-state index in [-0.39, 0.29) is 22.9 Å². The van der Waals surface area contributed by atoms with Gasteiger partial charge >= 0.3 is 0 Å². The van der Waals surface area contributed by atoms with Crippen LogP contribution in [0.25, 0.3) is 0 Å². The van der Waals surface area contributed by atoms with Crippen LogP contribution in [-0.2, 0) is 10.2 Å². The van der Waals surface area contributed by atoms with Gasteiger partial charge in [0, 0.05) is 37.3 Å². The highest BCUT2D eigenvalue weighted by molar-refractivity contribution is 5.92. The molecule has 1 aliphatic rings. The van der Waals surface area contributed by atoms with E-state index in [4.69, 9.17) is 0 Å². The molecule has 6 heteroatoms. The molecule has 2 amide bonds. The molecule has 1 aliphatic heterocycles. The van der Waals surface area contributed by atoms with Crippen molar-refractivity contribution in [3.05, 3.63) is 59.2 Å². The van der Waals surface area contributed by atoms with Gasteiger partial charge in [0.15, 0.2) is 0 Å². The predicted molar refractivity (Wildman–Crippen MR) is 111 cm³/mol. The Kier molecular flexibility index (Phi) is 5.82. The molecule has 3 rings (SSSR count). The second kappa shape index (κ2) is 8.01. The topological polar surface area (TPSA) is 65.2 Å². The third-order valence-electron chi connectivity index (χ3n) is 6.01. The summed E-state index contributed by atoms with van der Waals surface area (Å²) in [5.74, 6) is -0.673. The average molecular weight is 400 g/mol. The highest BCUT2D eigenvalue weighted by Gasteiger charge is 2.36. The first-order valence-corrected chi connectivity index (χ1v) is 10.1. The SMILES string of the molecule is Cc1ccccc1C(C)(C)C(=O)NCC1(C)CCCN(C(=O)c2cc(F)c[nH]2)C1. The van der Waals surface area contributed by atoms with E-state index >= 15 is 0 Å². The van der Waals surface area contributed by atoms with Crippen LogP contribution < -0.4 is 5.32 Å². The highest BCUT2D eigenvalue weighted by atomic mass is 19.1. The first-order chi connectivity index (χ1) is 13.6. The normalized spacial score (nSPS) is 19.8. The molecule has 0 saturated carbocycles. The maximum absolute atomic E-state index is 13.2. The number of H-pyrrole nitrogens is 1. The summed E-state index contributed by atoms with van der Waals surface area (Å²) in [7, 11) is 0. The fourth-order valence-corrected chi connectivity index (χ4v) is 4.21. The van der Waals surface area contributed by atoms with Crippen molar-refractivity contribution in [3.63, 3.8) is 0 Å². The van der Waals surface area contributed by atoms with Crippen LogP contribution in [0.15, 0.2) is 36.5 Å². The lowest BCUT2D eigenvalue weighted by molar-refractivity contribution is -0.126. The van der Waals surface area contributed by atoms with Gasteiger partial charge in [0.1, 0.15) is 11.5 Å². The number of aromatic amines is 1. The van der Waals surface area contributed by atoms with Crippen LogP contribution in [0, 0.1) is 18.2 Å². The molecular weight excluding hydrogens is 369 g/mol. The summed E-state index contributed by atoms with van der Waals surface area (Å²) in [6.07, 6.45) is 2.95. The minimum absolute atomic E-state index is 0.0251. The molecule has 1 aromatic carbocycles. The van der Waals surface area contributed by atoms with Gasteiger partial charge in [-0.05, 0) is 44.7 Å². The lowest BCUT2D eigenvalue weighted by Crippen LogP contribution is -2.51. The summed E-state index contributed by atoms with van der Waals surface area (Å²) in [6, 6.07) is 9.15. The molecule has 1 saturated heterocycles. The first-order valence-electron chi connectivity index (χ1n) is 10.1. The number of hydrogen-bond donors (Lipinski definition) is 2. The van der Waals surface area contributed by atoms with E-state index in [9.17, 15) is 14.0 Å². The van der Waals surface area contributed by atoms with E-state index in [1.165, 1.54) is 12.3 Å². The van der Waals surface area contributed by atoms with Crippen LogP contribution in [0.1, 0.15) is 55.2 Å². The summed E-state index contributed by atoms with van der Waals surface area (Å²) in [5.41, 5.74) is 1.49. The summed E-state index contributed by atoms with van der Waals surface area (Å²) >= 11 is 0. The van der Waals surface area contributed by atoms with E-state index in [0.29, 0.717) is 19.6 Å². The lowest BCUT2D eigenvalue weighted by Gasteiger charge is -2.41. The van der Waals surface area contributed by atoms with Crippen LogP contribution in [0.4, 0.5) is 4.39 Å².